The summed E-state index contributed by atoms with van der Waals surface area (Å²) in [7, 11) is 0. The molecule has 0 bridgehead atoms. The van der Waals surface area contributed by atoms with Gasteiger partial charge in [0.15, 0.2) is 0 Å². The highest BCUT2D eigenvalue weighted by Gasteiger charge is 2.03. The summed E-state index contributed by atoms with van der Waals surface area (Å²) < 4.78 is 27.9. The number of hydrogen-bond donors (Lipinski definition) is 0. The van der Waals surface area contributed by atoms with E-state index in [9.17, 15) is 13.6 Å². The molecule has 0 aliphatic carbocycles. The summed E-state index contributed by atoms with van der Waals surface area (Å²) in [5, 5.41) is 0. The maximum atomic E-state index is 11.9. The first-order chi connectivity index (χ1) is 7.22. The lowest BCUT2D eigenvalue weighted by atomic mass is 10.2. The van der Waals surface area contributed by atoms with Gasteiger partial charge >= 0.3 is 6.61 Å². The quantitative estimate of drug-likeness (QED) is 0.564. The summed E-state index contributed by atoms with van der Waals surface area (Å²) >= 11 is 0. The Morgan fingerprint density at radius 3 is 2.93 bits per heavy atom. The van der Waals surface area contributed by atoms with Crippen LogP contribution >= 0.6 is 0 Å². The Labute approximate surface area is 85.9 Å². The van der Waals surface area contributed by atoms with E-state index in [1.165, 1.54) is 12.1 Å². The van der Waals surface area contributed by atoms with E-state index in [4.69, 9.17) is 0 Å². The molecule has 0 saturated carbocycles. The van der Waals surface area contributed by atoms with E-state index in [-0.39, 0.29) is 12.2 Å². The fraction of sp³-hybridized carbons (Fsp3) is 0.182. The minimum absolute atomic E-state index is 0.0582. The molecule has 15 heavy (non-hydrogen) atoms. The van der Waals surface area contributed by atoms with Crippen molar-refractivity contribution in [1.29, 1.82) is 0 Å². The van der Waals surface area contributed by atoms with Crippen molar-refractivity contribution < 1.29 is 18.3 Å². The van der Waals surface area contributed by atoms with Crippen molar-refractivity contribution in [3.8, 4) is 17.6 Å². The maximum absolute atomic E-state index is 11.9. The highest BCUT2D eigenvalue weighted by molar-refractivity contribution is 5.55. The van der Waals surface area contributed by atoms with Crippen LogP contribution in [0.5, 0.6) is 5.75 Å². The number of rotatable bonds is 3. The maximum Gasteiger partial charge on any atom is 0.387 e. The van der Waals surface area contributed by atoms with Gasteiger partial charge < -0.3 is 9.53 Å². The van der Waals surface area contributed by atoms with Crippen LogP contribution in [-0.4, -0.2) is 12.9 Å². The summed E-state index contributed by atoms with van der Waals surface area (Å²) in [4.78, 5) is 9.98. The van der Waals surface area contributed by atoms with Crippen molar-refractivity contribution in [3.05, 3.63) is 29.8 Å². The minimum Gasteiger partial charge on any atom is -0.435 e. The zero-order chi connectivity index (χ0) is 11.1. The molecule has 0 aromatic heterocycles. The average Bonchev–Trinajstić information content (AvgIpc) is 2.18. The van der Waals surface area contributed by atoms with Crippen LogP contribution in [0.15, 0.2) is 24.3 Å². The number of alkyl halides is 2. The fourth-order valence-corrected chi connectivity index (χ4v) is 0.945. The van der Waals surface area contributed by atoms with Gasteiger partial charge in [-0.15, -0.1) is 0 Å². The zero-order valence-corrected chi connectivity index (χ0v) is 7.74. The molecule has 0 aliphatic heterocycles. The first-order valence-corrected chi connectivity index (χ1v) is 4.20. The molecule has 1 rings (SSSR count). The standard InChI is InChI=1S/C11H8F2O2/c12-11(13)15-10-6-3-5-9(8-10)4-1-2-7-14/h3,5-8,11H,2H2. The van der Waals surface area contributed by atoms with Gasteiger partial charge in [-0.2, -0.15) is 8.78 Å². The van der Waals surface area contributed by atoms with E-state index in [1.54, 1.807) is 12.1 Å². The van der Waals surface area contributed by atoms with Crippen LogP contribution in [-0.2, 0) is 4.79 Å². The third kappa shape index (κ3) is 4.23. The SMILES string of the molecule is O=CCC#Cc1cccc(OC(F)F)c1. The molecule has 0 amide bonds. The highest BCUT2D eigenvalue weighted by Crippen LogP contribution is 2.15. The number of hydrogen-bond acceptors (Lipinski definition) is 2. The van der Waals surface area contributed by atoms with E-state index < -0.39 is 6.61 Å². The second-order valence-corrected chi connectivity index (χ2v) is 2.58. The van der Waals surface area contributed by atoms with Gasteiger partial charge in [0.05, 0.1) is 6.42 Å². The molecule has 0 spiro atoms. The van der Waals surface area contributed by atoms with Crippen molar-refractivity contribution >= 4 is 6.29 Å². The Morgan fingerprint density at radius 2 is 2.27 bits per heavy atom. The Bertz CT molecular complexity index is 391. The van der Waals surface area contributed by atoms with Crippen molar-refractivity contribution in [2.24, 2.45) is 0 Å². The molecular weight excluding hydrogens is 202 g/mol. The summed E-state index contributed by atoms with van der Waals surface area (Å²) in [5.74, 6) is 5.28. The van der Waals surface area contributed by atoms with Crippen molar-refractivity contribution in [1.82, 2.24) is 0 Å². The van der Waals surface area contributed by atoms with E-state index in [0.717, 1.165) is 0 Å². The van der Waals surface area contributed by atoms with Crippen molar-refractivity contribution in [2.75, 3.05) is 0 Å². The van der Waals surface area contributed by atoms with Crippen LogP contribution in [0.2, 0.25) is 0 Å². The number of carbonyl (C=O) groups is 1. The van der Waals surface area contributed by atoms with Gasteiger partial charge in [0.2, 0.25) is 0 Å². The lowest BCUT2D eigenvalue weighted by molar-refractivity contribution is -0.107. The van der Waals surface area contributed by atoms with Gasteiger partial charge in [0, 0.05) is 5.56 Å². The molecule has 0 aliphatic rings. The van der Waals surface area contributed by atoms with Crippen LogP contribution in [0.1, 0.15) is 12.0 Å². The molecule has 0 unspecified atom stereocenters. The largest absolute Gasteiger partial charge is 0.435 e. The van der Waals surface area contributed by atoms with Crippen LogP contribution in [0, 0.1) is 11.8 Å². The highest BCUT2D eigenvalue weighted by atomic mass is 19.3. The Balaban J connectivity index is 2.75. The lowest BCUT2D eigenvalue weighted by Gasteiger charge is -2.03. The Kier molecular flexibility index (Phi) is 4.30. The van der Waals surface area contributed by atoms with E-state index >= 15 is 0 Å². The van der Waals surface area contributed by atoms with Gasteiger partial charge in [-0.1, -0.05) is 17.9 Å². The first kappa shape index (κ1) is 11.2. The first-order valence-electron chi connectivity index (χ1n) is 4.20. The summed E-state index contributed by atoms with van der Waals surface area (Å²) in [6.45, 7) is -2.84. The fourth-order valence-electron chi connectivity index (χ4n) is 0.945. The predicted molar refractivity (Wildman–Crippen MR) is 50.6 cm³/mol. The molecule has 0 atom stereocenters. The van der Waals surface area contributed by atoms with E-state index in [1.807, 2.05) is 0 Å². The normalized spacial score (nSPS) is 9.27. The third-order valence-corrected chi connectivity index (χ3v) is 1.48. The number of carbonyl (C=O) groups excluding carboxylic acids is 1. The molecule has 0 radical (unpaired) electrons. The summed E-state index contributed by atoms with van der Waals surface area (Å²) in [5.41, 5.74) is 0.537. The van der Waals surface area contributed by atoms with Crippen LogP contribution in [0.25, 0.3) is 0 Å². The van der Waals surface area contributed by atoms with Gasteiger partial charge in [0.25, 0.3) is 0 Å². The molecule has 1 aromatic rings. The minimum atomic E-state index is -2.84. The molecule has 2 nitrogen and oxygen atoms in total. The second-order valence-electron chi connectivity index (χ2n) is 2.58. The summed E-state index contributed by atoms with van der Waals surface area (Å²) in [6, 6.07) is 6.01. The number of ether oxygens (including phenoxy) is 1. The smallest absolute Gasteiger partial charge is 0.387 e. The molecule has 4 heteroatoms. The Hall–Kier alpha value is -1.89. The van der Waals surface area contributed by atoms with Crippen molar-refractivity contribution in [2.45, 2.75) is 13.0 Å². The topological polar surface area (TPSA) is 26.3 Å². The van der Waals surface area contributed by atoms with Gasteiger partial charge in [-0.3, -0.25) is 0 Å². The van der Waals surface area contributed by atoms with Crippen LogP contribution in [0.4, 0.5) is 8.78 Å². The average molecular weight is 210 g/mol. The molecule has 0 fully saturated rings. The number of aldehydes is 1. The Morgan fingerprint density at radius 1 is 1.47 bits per heavy atom. The van der Waals surface area contributed by atoms with Gasteiger partial charge in [0.1, 0.15) is 12.0 Å². The van der Waals surface area contributed by atoms with Crippen LogP contribution in [0.3, 0.4) is 0 Å². The monoisotopic (exact) mass is 210 g/mol. The molecular formula is C11H8F2O2. The second kappa shape index (κ2) is 5.76. The van der Waals surface area contributed by atoms with Gasteiger partial charge in [-0.05, 0) is 18.2 Å². The molecule has 0 N–H and O–H groups in total. The third-order valence-electron chi connectivity index (χ3n) is 1.48. The van der Waals surface area contributed by atoms with Crippen LogP contribution < -0.4 is 4.74 Å². The molecule has 0 saturated heterocycles. The number of benzene rings is 1. The van der Waals surface area contributed by atoms with E-state index in [2.05, 4.69) is 16.6 Å². The molecule has 78 valence electrons. The van der Waals surface area contributed by atoms with Gasteiger partial charge in [-0.25, -0.2) is 0 Å². The number of halogens is 2. The summed E-state index contributed by atoms with van der Waals surface area (Å²) in [6.07, 6.45) is 0.798. The lowest BCUT2D eigenvalue weighted by Crippen LogP contribution is -2.01. The van der Waals surface area contributed by atoms with Crippen molar-refractivity contribution in [3.63, 3.8) is 0 Å². The predicted octanol–water partition coefficient (Wildman–Crippen LogP) is 2.23. The molecule has 0 heterocycles. The van der Waals surface area contributed by atoms with E-state index in [0.29, 0.717) is 11.8 Å². The zero-order valence-electron chi connectivity index (χ0n) is 7.74. The molecule has 1 aromatic carbocycles.